The largest absolute Gasteiger partial charge is 0.464 e. The number of nitrogens with two attached hydrogens (primary N) is 1. The maximum absolute atomic E-state index is 5.96. The SMILES string of the molecule is CN(C)c1cccc(N)c1-c1ccco1. The molecule has 0 aliphatic carbocycles. The molecule has 3 heteroatoms. The first-order chi connectivity index (χ1) is 7.20. The van der Waals surface area contributed by atoms with Crippen molar-refractivity contribution in [2.24, 2.45) is 0 Å². The molecule has 0 unspecified atom stereocenters. The summed E-state index contributed by atoms with van der Waals surface area (Å²) in [6.07, 6.45) is 1.65. The number of hydrogen-bond acceptors (Lipinski definition) is 3. The lowest BCUT2D eigenvalue weighted by atomic mass is 10.1. The molecule has 3 nitrogen and oxygen atoms in total. The average Bonchev–Trinajstić information content (AvgIpc) is 2.70. The van der Waals surface area contributed by atoms with Crippen molar-refractivity contribution in [3.8, 4) is 11.3 Å². The highest BCUT2D eigenvalue weighted by atomic mass is 16.3. The lowest BCUT2D eigenvalue weighted by Gasteiger charge is -2.17. The third kappa shape index (κ3) is 1.68. The molecule has 0 saturated heterocycles. The summed E-state index contributed by atoms with van der Waals surface area (Å²) in [7, 11) is 3.97. The summed E-state index contributed by atoms with van der Waals surface area (Å²) in [5.41, 5.74) is 8.71. The molecule has 0 bridgehead atoms. The van der Waals surface area contributed by atoms with Gasteiger partial charge in [-0.3, -0.25) is 0 Å². The van der Waals surface area contributed by atoms with E-state index in [9.17, 15) is 0 Å². The van der Waals surface area contributed by atoms with Gasteiger partial charge >= 0.3 is 0 Å². The van der Waals surface area contributed by atoms with Crippen molar-refractivity contribution in [2.45, 2.75) is 0 Å². The molecule has 0 spiro atoms. The quantitative estimate of drug-likeness (QED) is 0.761. The van der Waals surface area contributed by atoms with Crippen LogP contribution in [0.4, 0.5) is 11.4 Å². The van der Waals surface area contributed by atoms with Gasteiger partial charge < -0.3 is 15.1 Å². The monoisotopic (exact) mass is 202 g/mol. The summed E-state index contributed by atoms with van der Waals surface area (Å²) in [5, 5.41) is 0. The Kier molecular flexibility index (Phi) is 2.37. The summed E-state index contributed by atoms with van der Waals surface area (Å²) in [6, 6.07) is 9.62. The van der Waals surface area contributed by atoms with Crippen molar-refractivity contribution < 1.29 is 4.42 Å². The third-order valence-corrected chi connectivity index (χ3v) is 2.32. The first-order valence-electron chi connectivity index (χ1n) is 4.80. The molecule has 0 saturated carbocycles. The van der Waals surface area contributed by atoms with Crippen molar-refractivity contribution in [1.29, 1.82) is 0 Å². The van der Waals surface area contributed by atoms with Crippen LogP contribution in [-0.4, -0.2) is 14.1 Å². The third-order valence-electron chi connectivity index (χ3n) is 2.32. The smallest absolute Gasteiger partial charge is 0.138 e. The second-order valence-corrected chi connectivity index (χ2v) is 3.61. The van der Waals surface area contributed by atoms with E-state index in [1.165, 1.54) is 0 Å². The standard InChI is InChI=1S/C12H14N2O/c1-14(2)10-6-3-5-9(13)12(10)11-7-4-8-15-11/h3-8H,13H2,1-2H3. The molecule has 1 aromatic heterocycles. The van der Waals surface area contributed by atoms with Crippen molar-refractivity contribution in [3.63, 3.8) is 0 Å². The van der Waals surface area contributed by atoms with Gasteiger partial charge in [-0.1, -0.05) is 6.07 Å². The number of hydrogen-bond donors (Lipinski definition) is 1. The van der Waals surface area contributed by atoms with Gasteiger partial charge in [0.1, 0.15) is 5.76 Å². The van der Waals surface area contributed by atoms with Gasteiger partial charge in [-0.05, 0) is 24.3 Å². The van der Waals surface area contributed by atoms with Crippen molar-refractivity contribution in [2.75, 3.05) is 24.7 Å². The van der Waals surface area contributed by atoms with Crippen molar-refractivity contribution in [1.82, 2.24) is 0 Å². The van der Waals surface area contributed by atoms with E-state index >= 15 is 0 Å². The molecule has 0 atom stereocenters. The van der Waals surface area contributed by atoms with E-state index in [2.05, 4.69) is 0 Å². The van der Waals surface area contributed by atoms with Crippen molar-refractivity contribution in [3.05, 3.63) is 36.6 Å². The van der Waals surface area contributed by atoms with Gasteiger partial charge in [0, 0.05) is 25.5 Å². The van der Waals surface area contributed by atoms with Gasteiger partial charge in [-0.25, -0.2) is 0 Å². The Labute approximate surface area is 89.1 Å². The van der Waals surface area contributed by atoms with E-state index in [0.29, 0.717) is 0 Å². The molecule has 15 heavy (non-hydrogen) atoms. The van der Waals surface area contributed by atoms with Crippen LogP contribution in [0, 0.1) is 0 Å². The fraction of sp³-hybridized carbons (Fsp3) is 0.167. The van der Waals surface area contributed by atoms with Crippen LogP contribution in [-0.2, 0) is 0 Å². The zero-order valence-electron chi connectivity index (χ0n) is 8.90. The molecule has 0 fully saturated rings. The Bertz CT molecular complexity index is 447. The maximum atomic E-state index is 5.96. The molecule has 1 aromatic carbocycles. The van der Waals surface area contributed by atoms with Crippen LogP contribution in [0.2, 0.25) is 0 Å². The van der Waals surface area contributed by atoms with Gasteiger partial charge in [0.25, 0.3) is 0 Å². The van der Waals surface area contributed by atoms with Crippen LogP contribution in [0.1, 0.15) is 0 Å². The van der Waals surface area contributed by atoms with E-state index < -0.39 is 0 Å². The Morgan fingerprint density at radius 1 is 1.13 bits per heavy atom. The van der Waals surface area contributed by atoms with Gasteiger partial charge in [0.15, 0.2) is 0 Å². The molecular formula is C12H14N2O. The highest BCUT2D eigenvalue weighted by Gasteiger charge is 2.12. The second kappa shape index (κ2) is 3.69. The minimum Gasteiger partial charge on any atom is -0.464 e. The first kappa shape index (κ1) is 9.65. The molecule has 78 valence electrons. The molecule has 0 aliphatic heterocycles. The van der Waals surface area contributed by atoms with Crippen LogP contribution in [0.15, 0.2) is 41.0 Å². The van der Waals surface area contributed by atoms with Crippen LogP contribution < -0.4 is 10.6 Å². The average molecular weight is 202 g/mol. The fourth-order valence-corrected chi connectivity index (χ4v) is 1.62. The Morgan fingerprint density at radius 2 is 1.93 bits per heavy atom. The summed E-state index contributed by atoms with van der Waals surface area (Å²) in [4.78, 5) is 2.02. The Balaban J connectivity index is 2.63. The normalized spacial score (nSPS) is 10.3. The van der Waals surface area contributed by atoms with E-state index in [-0.39, 0.29) is 0 Å². The van der Waals surface area contributed by atoms with E-state index in [4.69, 9.17) is 10.2 Å². The van der Waals surface area contributed by atoms with Crippen molar-refractivity contribution >= 4 is 11.4 Å². The molecule has 0 amide bonds. The lowest BCUT2D eigenvalue weighted by Crippen LogP contribution is -2.10. The Hall–Kier alpha value is -1.90. The predicted octanol–water partition coefficient (Wildman–Crippen LogP) is 2.59. The molecule has 1 heterocycles. The molecule has 0 radical (unpaired) electrons. The highest BCUT2D eigenvalue weighted by molar-refractivity contribution is 5.85. The van der Waals surface area contributed by atoms with Gasteiger partial charge in [0.2, 0.25) is 0 Å². The van der Waals surface area contributed by atoms with Gasteiger partial charge in [-0.15, -0.1) is 0 Å². The van der Waals surface area contributed by atoms with E-state index in [1.54, 1.807) is 6.26 Å². The highest BCUT2D eigenvalue weighted by Crippen LogP contribution is 2.34. The van der Waals surface area contributed by atoms with Gasteiger partial charge in [0.05, 0.1) is 11.8 Å². The number of benzene rings is 1. The fourth-order valence-electron chi connectivity index (χ4n) is 1.62. The summed E-state index contributed by atoms with van der Waals surface area (Å²) in [5.74, 6) is 0.803. The lowest BCUT2D eigenvalue weighted by molar-refractivity contribution is 0.582. The van der Waals surface area contributed by atoms with E-state index in [1.807, 2.05) is 49.3 Å². The Morgan fingerprint density at radius 3 is 2.53 bits per heavy atom. The van der Waals surface area contributed by atoms with Crippen LogP contribution in [0.25, 0.3) is 11.3 Å². The minimum atomic E-state index is 0.733. The zero-order chi connectivity index (χ0) is 10.8. The first-order valence-corrected chi connectivity index (χ1v) is 4.80. The number of nitrogens with zero attached hydrogens (tertiary/aromatic N) is 1. The molecule has 0 aliphatic rings. The number of anilines is 2. The predicted molar refractivity (Wildman–Crippen MR) is 62.9 cm³/mol. The summed E-state index contributed by atoms with van der Waals surface area (Å²) < 4.78 is 5.38. The number of nitrogen functional groups attached to an aromatic ring is 1. The zero-order valence-corrected chi connectivity index (χ0v) is 8.90. The topological polar surface area (TPSA) is 42.4 Å². The summed E-state index contributed by atoms with van der Waals surface area (Å²) >= 11 is 0. The van der Waals surface area contributed by atoms with Crippen LogP contribution in [0.5, 0.6) is 0 Å². The van der Waals surface area contributed by atoms with Crippen LogP contribution in [0.3, 0.4) is 0 Å². The van der Waals surface area contributed by atoms with E-state index in [0.717, 1.165) is 22.7 Å². The van der Waals surface area contributed by atoms with Crippen LogP contribution >= 0.6 is 0 Å². The van der Waals surface area contributed by atoms with Gasteiger partial charge in [-0.2, -0.15) is 0 Å². The molecule has 2 rings (SSSR count). The number of furan rings is 1. The number of rotatable bonds is 2. The molecule has 2 aromatic rings. The minimum absolute atomic E-state index is 0.733. The second-order valence-electron chi connectivity index (χ2n) is 3.61. The summed E-state index contributed by atoms with van der Waals surface area (Å²) in [6.45, 7) is 0. The molecule has 2 N–H and O–H groups in total. The maximum Gasteiger partial charge on any atom is 0.138 e. The molecular weight excluding hydrogens is 188 g/mol.